The van der Waals surface area contributed by atoms with Crippen molar-refractivity contribution in [3.05, 3.63) is 12.1 Å². The minimum atomic E-state index is 0.679. The molecule has 3 nitrogen and oxygen atoms in total. The Morgan fingerprint density at radius 1 is 1.50 bits per heavy atom. The van der Waals surface area contributed by atoms with Crippen LogP contribution < -0.4 is 10.6 Å². The molecule has 0 aliphatic heterocycles. The molecule has 0 unspecified atom stereocenters. The van der Waals surface area contributed by atoms with Crippen molar-refractivity contribution in [1.82, 2.24) is 10.6 Å². The molecule has 0 aliphatic carbocycles. The van der Waals surface area contributed by atoms with Crippen molar-refractivity contribution in [3.8, 4) is 0 Å². The van der Waals surface area contributed by atoms with Gasteiger partial charge in [-0.3, -0.25) is 0 Å². The maximum absolute atomic E-state index is 8.65. The summed E-state index contributed by atoms with van der Waals surface area (Å²) in [5, 5.41) is 14.6. The maximum atomic E-state index is 8.65. The molecular formula is C9H20N2O. The number of hydrogen-bond donors (Lipinski definition) is 3. The third-order valence-electron chi connectivity index (χ3n) is 1.67. The van der Waals surface area contributed by atoms with Gasteiger partial charge in [0.2, 0.25) is 0 Å². The van der Waals surface area contributed by atoms with Crippen LogP contribution in [0.5, 0.6) is 0 Å². The van der Waals surface area contributed by atoms with Gasteiger partial charge in [-0.2, -0.15) is 0 Å². The van der Waals surface area contributed by atoms with Crippen molar-refractivity contribution >= 4 is 0 Å². The maximum Gasteiger partial charge on any atom is 0.134 e. The van der Waals surface area contributed by atoms with E-state index in [1.807, 2.05) is 0 Å². The number of aliphatic hydroxyl groups excluding tert-OH is 1. The van der Waals surface area contributed by atoms with Crippen LogP contribution in [0, 0.1) is 5.92 Å². The standard InChI is InChI=1S/C9H20N2O/c1-8(2)5-4-6-11-9(7-12)10-3/h7-8,10-12H,4-6H2,1-3H3/b9-7+. The molecular weight excluding hydrogens is 152 g/mol. The van der Waals surface area contributed by atoms with Crippen molar-refractivity contribution in [1.29, 1.82) is 0 Å². The van der Waals surface area contributed by atoms with Gasteiger partial charge >= 0.3 is 0 Å². The highest BCUT2D eigenvalue weighted by atomic mass is 16.2. The molecule has 0 heterocycles. The summed E-state index contributed by atoms with van der Waals surface area (Å²) < 4.78 is 0. The average Bonchev–Trinajstić information content (AvgIpc) is 2.04. The largest absolute Gasteiger partial charge is 0.512 e. The van der Waals surface area contributed by atoms with E-state index in [2.05, 4.69) is 24.5 Å². The first-order valence-corrected chi connectivity index (χ1v) is 4.46. The highest BCUT2D eigenvalue weighted by molar-refractivity contribution is 4.89. The second-order valence-electron chi connectivity index (χ2n) is 3.26. The van der Waals surface area contributed by atoms with Crippen LogP contribution in [0.1, 0.15) is 26.7 Å². The molecule has 0 rings (SSSR count). The summed E-state index contributed by atoms with van der Waals surface area (Å²) in [7, 11) is 1.78. The SMILES string of the molecule is CN/C(=C\O)NCCCC(C)C. The van der Waals surface area contributed by atoms with Gasteiger partial charge < -0.3 is 15.7 Å². The lowest BCUT2D eigenvalue weighted by Crippen LogP contribution is -2.24. The summed E-state index contributed by atoms with van der Waals surface area (Å²) in [5.41, 5.74) is 0. The van der Waals surface area contributed by atoms with E-state index < -0.39 is 0 Å². The lowest BCUT2D eigenvalue weighted by atomic mass is 10.1. The van der Waals surface area contributed by atoms with Crippen LogP contribution in [0.25, 0.3) is 0 Å². The molecule has 0 saturated heterocycles. The summed E-state index contributed by atoms with van der Waals surface area (Å²) in [6.45, 7) is 5.33. The topological polar surface area (TPSA) is 44.3 Å². The number of rotatable bonds is 6. The molecule has 0 radical (unpaired) electrons. The molecule has 0 bridgehead atoms. The zero-order chi connectivity index (χ0) is 9.40. The van der Waals surface area contributed by atoms with Gasteiger partial charge in [-0.15, -0.1) is 0 Å². The molecule has 0 atom stereocenters. The Balaban J connectivity index is 3.30. The average molecular weight is 172 g/mol. The fourth-order valence-corrected chi connectivity index (χ4v) is 0.932. The zero-order valence-electron chi connectivity index (χ0n) is 8.22. The lowest BCUT2D eigenvalue weighted by Gasteiger charge is -2.09. The van der Waals surface area contributed by atoms with Crippen LogP contribution in [-0.2, 0) is 0 Å². The lowest BCUT2D eigenvalue weighted by molar-refractivity contribution is 0.451. The van der Waals surface area contributed by atoms with Crippen molar-refractivity contribution in [2.45, 2.75) is 26.7 Å². The summed E-state index contributed by atoms with van der Waals surface area (Å²) in [6, 6.07) is 0. The van der Waals surface area contributed by atoms with E-state index in [4.69, 9.17) is 5.11 Å². The van der Waals surface area contributed by atoms with Crippen LogP contribution in [0.2, 0.25) is 0 Å². The van der Waals surface area contributed by atoms with Crippen molar-refractivity contribution < 1.29 is 5.11 Å². The van der Waals surface area contributed by atoms with Gasteiger partial charge in [0.1, 0.15) is 12.1 Å². The molecule has 0 spiro atoms. The van der Waals surface area contributed by atoms with Gasteiger partial charge in [0, 0.05) is 13.6 Å². The second-order valence-corrected chi connectivity index (χ2v) is 3.26. The molecule has 0 aliphatic rings. The first-order valence-electron chi connectivity index (χ1n) is 4.46. The smallest absolute Gasteiger partial charge is 0.134 e. The minimum Gasteiger partial charge on any atom is -0.512 e. The minimum absolute atomic E-state index is 0.679. The van der Waals surface area contributed by atoms with Crippen LogP contribution in [-0.4, -0.2) is 18.7 Å². The Hall–Kier alpha value is -0.860. The molecule has 72 valence electrons. The van der Waals surface area contributed by atoms with E-state index in [0.717, 1.165) is 25.1 Å². The predicted octanol–water partition coefficient (Wildman–Crippen LogP) is 1.59. The monoisotopic (exact) mass is 172 g/mol. The zero-order valence-corrected chi connectivity index (χ0v) is 8.22. The summed E-state index contributed by atoms with van der Waals surface area (Å²) in [5.74, 6) is 1.43. The Kier molecular flexibility index (Phi) is 6.34. The Morgan fingerprint density at radius 3 is 2.58 bits per heavy atom. The molecule has 0 fully saturated rings. The highest BCUT2D eigenvalue weighted by Crippen LogP contribution is 2.01. The van der Waals surface area contributed by atoms with E-state index >= 15 is 0 Å². The predicted molar refractivity (Wildman–Crippen MR) is 51.8 cm³/mol. The van der Waals surface area contributed by atoms with Crippen molar-refractivity contribution in [3.63, 3.8) is 0 Å². The van der Waals surface area contributed by atoms with Gasteiger partial charge in [0.15, 0.2) is 0 Å². The number of aliphatic hydroxyl groups is 1. The third-order valence-corrected chi connectivity index (χ3v) is 1.67. The summed E-state index contributed by atoms with van der Waals surface area (Å²) >= 11 is 0. The van der Waals surface area contributed by atoms with E-state index in [1.165, 1.54) is 6.42 Å². The van der Waals surface area contributed by atoms with Crippen LogP contribution >= 0.6 is 0 Å². The molecule has 0 saturated carbocycles. The quantitative estimate of drug-likeness (QED) is 0.421. The Labute approximate surface area is 74.9 Å². The second kappa shape index (κ2) is 6.83. The molecule has 3 heteroatoms. The fourth-order valence-electron chi connectivity index (χ4n) is 0.932. The number of hydrogen-bond acceptors (Lipinski definition) is 3. The molecule has 3 N–H and O–H groups in total. The normalized spacial score (nSPS) is 11.8. The molecule has 0 aromatic heterocycles. The molecule has 0 aromatic rings. The van der Waals surface area contributed by atoms with Crippen LogP contribution in [0.4, 0.5) is 0 Å². The van der Waals surface area contributed by atoms with Gasteiger partial charge in [-0.05, 0) is 18.8 Å². The number of nitrogens with one attached hydrogen (secondary N) is 2. The van der Waals surface area contributed by atoms with Gasteiger partial charge in [0.25, 0.3) is 0 Å². The van der Waals surface area contributed by atoms with Gasteiger partial charge in [-0.25, -0.2) is 0 Å². The van der Waals surface area contributed by atoms with Crippen molar-refractivity contribution in [2.24, 2.45) is 5.92 Å². The summed E-state index contributed by atoms with van der Waals surface area (Å²) in [6.07, 6.45) is 3.40. The van der Waals surface area contributed by atoms with Crippen LogP contribution in [0.15, 0.2) is 12.1 Å². The first-order chi connectivity index (χ1) is 5.70. The van der Waals surface area contributed by atoms with Gasteiger partial charge in [0.05, 0.1) is 0 Å². The van der Waals surface area contributed by atoms with E-state index in [9.17, 15) is 0 Å². The third kappa shape index (κ3) is 5.89. The summed E-state index contributed by atoms with van der Waals surface area (Å²) in [4.78, 5) is 0. The highest BCUT2D eigenvalue weighted by Gasteiger charge is 1.94. The molecule has 12 heavy (non-hydrogen) atoms. The van der Waals surface area contributed by atoms with E-state index in [-0.39, 0.29) is 0 Å². The van der Waals surface area contributed by atoms with E-state index in [0.29, 0.717) is 5.82 Å². The fraction of sp³-hybridized carbons (Fsp3) is 0.778. The molecule has 0 amide bonds. The first kappa shape index (κ1) is 11.1. The van der Waals surface area contributed by atoms with Gasteiger partial charge in [-0.1, -0.05) is 13.8 Å². The van der Waals surface area contributed by atoms with E-state index in [1.54, 1.807) is 7.05 Å². The van der Waals surface area contributed by atoms with Crippen molar-refractivity contribution in [2.75, 3.05) is 13.6 Å². The Bertz CT molecular complexity index is 132. The van der Waals surface area contributed by atoms with Crippen LogP contribution in [0.3, 0.4) is 0 Å². The Morgan fingerprint density at radius 2 is 2.17 bits per heavy atom. The molecule has 0 aromatic carbocycles.